The number of carbonyl (C=O) groups excluding carboxylic acids is 2. The molecule has 0 bridgehead atoms. The van der Waals surface area contributed by atoms with Crippen LogP contribution in [0, 0.1) is 0 Å². The number of carbonyl (C=O) groups is 2. The van der Waals surface area contributed by atoms with Crippen molar-refractivity contribution in [2.24, 2.45) is 0 Å². The zero-order valence-electron chi connectivity index (χ0n) is 18.4. The number of aromatic nitrogens is 1. The maximum atomic E-state index is 12.3. The minimum Gasteiger partial charge on any atom is -0.497 e. The summed E-state index contributed by atoms with van der Waals surface area (Å²) in [6.45, 7) is 5.52. The number of ether oxygens (including phenoxy) is 2. The summed E-state index contributed by atoms with van der Waals surface area (Å²) in [4.78, 5) is 28.7. The van der Waals surface area contributed by atoms with Crippen molar-refractivity contribution < 1.29 is 19.1 Å². The van der Waals surface area contributed by atoms with Crippen molar-refractivity contribution in [1.29, 1.82) is 0 Å². The number of amides is 2. The fourth-order valence-corrected chi connectivity index (χ4v) is 3.41. The average molecular weight is 455 g/mol. The zero-order chi connectivity index (χ0) is 23.1. The van der Waals surface area contributed by atoms with Gasteiger partial charge in [-0.3, -0.25) is 10.1 Å². The summed E-state index contributed by atoms with van der Waals surface area (Å²) >= 11 is 1.30. The molecule has 0 saturated heterocycles. The van der Waals surface area contributed by atoms with E-state index >= 15 is 0 Å². The van der Waals surface area contributed by atoms with Gasteiger partial charge in [0.2, 0.25) is 5.91 Å². The first-order valence-corrected chi connectivity index (χ1v) is 10.8. The number of benzene rings is 2. The molecule has 0 spiro atoms. The molecule has 1 aromatic heterocycles. The summed E-state index contributed by atoms with van der Waals surface area (Å²) in [6.07, 6.45) is -0.552. The number of methoxy groups -OCH3 is 1. The van der Waals surface area contributed by atoms with Crippen molar-refractivity contribution in [3.8, 4) is 17.0 Å². The zero-order valence-corrected chi connectivity index (χ0v) is 19.2. The molecule has 1 heterocycles. The number of thiazole rings is 1. The normalized spacial score (nSPS) is 10.9. The number of hydrogen-bond acceptors (Lipinski definition) is 7. The SMILES string of the molecule is COc1ccc(NCC(=O)Nc2cccc(-c3csc(NC(=O)OC(C)(C)C)n3)c2)cc1. The van der Waals surface area contributed by atoms with Gasteiger partial charge in [-0.05, 0) is 57.2 Å². The van der Waals surface area contributed by atoms with Gasteiger partial charge in [-0.25, -0.2) is 9.78 Å². The number of hydrogen-bond donors (Lipinski definition) is 3. The Labute approximate surface area is 191 Å². The Morgan fingerprint density at radius 3 is 2.47 bits per heavy atom. The van der Waals surface area contributed by atoms with E-state index < -0.39 is 11.7 Å². The third-order valence-electron chi connectivity index (χ3n) is 4.10. The summed E-state index contributed by atoms with van der Waals surface area (Å²) in [5, 5.41) is 10.8. The van der Waals surface area contributed by atoms with E-state index in [0.717, 1.165) is 17.0 Å². The molecule has 3 rings (SSSR count). The number of nitrogens with one attached hydrogen (secondary N) is 3. The minimum atomic E-state index is -0.584. The first-order valence-electron chi connectivity index (χ1n) is 9.95. The molecule has 2 amide bonds. The highest BCUT2D eigenvalue weighted by molar-refractivity contribution is 7.14. The number of anilines is 3. The molecule has 0 unspecified atom stereocenters. The molecule has 168 valence electrons. The van der Waals surface area contributed by atoms with Crippen LogP contribution in [0.1, 0.15) is 20.8 Å². The van der Waals surface area contributed by atoms with Crippen LogP contribution in [0.4, 0.5) is 21.3 Å². The Kier molecular flexibility index (Phi) is 7.32. The fraction of sp³-hybridized carbons (Fsp3) is 0.261. The lowest BCUT2D eigenvalue weighted by molar-refractivity contribution is -0.114. The van der Waals surface area contributed by atoms with E-state index in [1.165, 1.54) is 11.3 Å². The Balaban J connectivity index is 1.57. The van der Waals surface area contributed by atoms with E-state index in [4.69, 9.17) is 9.47 Å². The Hall–Kier alpha value is -3.59. The van der Waals surface area contributed by atoms with E-state index in [1.54, 1.807) is 33.9 Å². The highest BCUT2D eigenvalue weighted by Crippen LogP contribution is 2.27. The van der Waals surface area contributed by atoms with Crippen LogP contribution < -0.4 is 20.7 Å². The number of rotatable bonds is 7. The van der Waals surface area contributed by atoms with Crippen molar-refractivity contribution >= 4 is 39.8 Å². The van der Waals surface area contributed by atoms with Gasteiger partial charge in [-0.15, -0.1) is 11.3 Å². The molecule has 32 heavy (non-hydrogen) atoms. The quantitative estimate of drug-likeness (QED) is 0.453. The monoisotopic (exact) mass is 454 g/mol. The maximum Gasteiger partial charge on any atom is 0.413 e. The van der Waals surface area contributed by atoms with Gasteiger partial charge in [0.1, 0.15) is 11.4 Å². The third-order valence-corrected chi connectivity index (χ3v) is 4.85. The molecular formula is C23H26N4O4S. The molecule has 8 nitrogen and oxygen atoms in total. The Bertz CT molecular complexity index is 1070. The standard InChI is InChI=1S/C23H26N4O4S/c1-23(2,3)31-22(29)27-21-26-19(14-32-21)15-6-5-7-17(12-15)25-20(28)13-24-16-8-10-18(30-4)11-9-16/h5-12,14,24H,13H2,1-4H3,(H,25,28)(H,26,27,29). The van der Waals surface area contributed by atoms with E-state index in [-0.39, 0.29) is 12.5 Å². The van der Waals surface area contributed by atoms with Gasteiger partial charge in [0.05, 0.1) is 19.3 Å². The summed E-state index contributed by atoms with van der Waals surface area (Å²) in [5.74, 6) is 0.576. The van der Waals surface area contributed by atoms with Gasteiger partial charge in [-0.1, -0.05) is 12.1 Å². The van der Waals surface area contributed by atoms with Gasteiger partial charge in [0.15, 0.2) is 5.13 Å². The van der Waals surface area contributed by atoms with Gasteiger partial charge in [0.25, 0.3) is 0 Å². The van der Waals surface area contributed by atoms with Crippen LogP contribution in [0.3, 0.4) is 0 Å². The molecule has 0 fully saturated rings. The highest BCUT2D eigenvalue weighted by atomic mass is 32.1. The lowest BCUT2D eigenvalue weighted by Gasteiger charge is -2.18. The Morgan fingerprint density at radius 1 is 1.03 bits per heavy atom. The summed E-state index contributed by atoms with van der Waals surface area (Å²) in [5.41, 5.74) is 2.40. The lowest BCUT2D eigenvalue weighted by atomic mass is 10.1. The van der Waals surface area contributed by atoms with Gasteiger partial charge in [0, 0.05) is 22.3 Å². The molecule has 0 atom stereocenters. The molecule has 9 heteroatoms. The van der Waals surface area contributed by atoms with Crippen LogP contribution in [0.2, 0.25) is 0 Å². The summed E-state index contributed by atoms with van der Waals surface area (Å²) in [6, 6.07) is 14.7. The second-order valence-electron chi connectivity index (χ2n) is 7.88. The smallest absolute Gasteiger partial charge is 0.413 e. The fourth-order valence-electron chi connectivity index (χ4n) is 2.71. The predicted octanol–water partition coefficient (Wildman–Crippen LogP) is 5.22. The van der Waals surface area contributed by atoms with E-state index in [0.29, 0.717) is 16.5 Å². The van der Waals surface area contributed by atoms with Crippen LogP contribution >= 0.6 is 11.3 Å². The molecule has 0 aliphatic rings. The molecule has 0 aliphatic carbocycles. The molecule has 0 saturated carbocycles. The molecule has 0 radical (unpaired) electrons. The van der Waals surface area contributed by atoms with Crippen molar-refractivity contribution in [3.63, 3.8) is 0 Å². The van der Waals surface area contributed by atoms with Gasteiger partial charge in [-0.2, -0.15) is 0 Å². The molecular weight excluding hydrogens is 428 g/mol. The van der Waals surface area contributed by atoms with E-state index in [1.807, 2.05) is 47.8 Å². The van der Waals surface area contributed by atoms with Crippen LogP contribution in [0.25, 0.3) is 11.3 Å². The average Bonchev–Trinajstić information content (AvgIpc) is 3.20. The second-order valence-corrected chi connectivity index (χ2v) is 8.73. The lowest BCUT2D eigenvalue weighted by Crippen LogP contribution is -2.27. The molecule has 0 aliphatic heterocycles. The topological polar surface area (TPSA) is 102 Å². The highest BCUT2D eigenvalue weighted by Gasteiger charge is 2.17. The second kappa shape index (κ2) is 10.1. The maximum absolute atomic E-state index is 12.3. The first-order chi connectivity index (χ1) is 15.2. The van der Waals surface area contributed by atoms with Crippen molar-refractivity contribution in [2.45, 2.75) is 26.4 Å². The van der Waals surface area contributed by atoms with Crippen LogP contribution in [-0.2, 0) is 9.53 Å². The minimum absolute atomic E-state index is 0.122. The molecule has 3 N–H and O–H groups in total. The summed E-state index contributed by atoms with van der Waals surface area (Å²) in [7, 11) is 1.61. The summed E-state index contributed by atoms with van der Waals surface area (Å²) < 4.78 is 10.4. The molecule has 3 aromatic rings. The van der Waals surface area contributed by atoms with Gasteiger partial charge < -0.3 is 20.1 Å². The first kappa shape index (κ1) is 23.1. The van der Waals surface area contributed by atoms with Crippen molar-refractivity contribution in [3.05, 3.63) is 53.9 Å². The Morgan fingerprint density at radius 2 is 1.78 bits per heavy atom. The van der Waals surface area contributed by atoms with E-state index in [9.17, 15) is 9.59 Å². The van der Waals surface area contributed by atoms with Gasteiger partial charge >= 0.3 is 6.09 Å². The largest absolute Gasteiger partial charge is 0.497 e. The predicted molar refractivity (Wildman–Crippen MR) is 128 cm³/mol. The van der Waals surface area contributed by atoms with Crippen molar-refractivity contribution in [1.82, 2.24) is 4.98 Å². The van der Waals surface area contributed by atoms with Crippen molar-refractivity contribution in [2.75, 3.05) is 29.6 Å². The van der Waals surface area contributed by atoms with E-state index in [2.05, 4.69) is 20.9 Å². The third kappa shape index (κ3) is 6.98. The van der Waals surface area contributed by atoms with Crippen LogP contribution in [-0.4, -0.2) is 36.2 Å². The molecule has 2 aromatic carbocycles. The van der Waals surface area contributed by atoms with Crippen LogP contribution in [0.15, 0.2) is 53.9 Å². The van der Waals surface area contributed by atoms with Crippen LogP contribution in [0.5, 0.6) is 5.75 Å². The number of nitrogens with zero attached hydrogens (tertiary/aromatic N) is 1.